The van der Waals surface area contributed by atoms with Crippen LogP contribution in [0.15, 0.2) is 66.7 Å². The molecule has 0 amide bonds. The number of hydrogen-bond acceptors (Lipinski definition) is 0. The molecule has 0 N–H and O–H groups in total. The van der Waals surface area contributed by atoms with Gasteiger partial charge < -0.3 is 0 Å². The normalized spacial score (nSPS) is 12.1. The van der Waals surface area contributed by atoms with Crippen molar-refractivity contribution in [1.82, 2.24) is 0 Å². The molecule has 34 heavy (non-hydrogen) atoms. The summed E-state index contributed by atoms with van der Waals surface area (Å²) in [6, 6.07) is 24.5. The minimum atomic E-state index is 0.567. The molecule has 1 heteroatoms. The molecule has 0 spiro atoms. The molecule has 0 aliphatic carbocycles. The quantitative estimate of drug-likeness (QED) is 0.272. The molecule has 0 atom stereocenters. The molecular weight excluding hydrogens is 410 g/mol. The number of hydrogen-bond donors (Lipinski definition) is 0. The molecule has 0 saturated carbocycles. The number of aromatic nitrogens is 1. The van der Waals surface area contributed by atoms with E-state index < -0.39 is 0 Å². The topological polar surface area (TPSA) is 3.88 Å². The molecule has 178 valence electrons. The highest BCUT2D eigenvalue weighted by molar-refractivity contribution is 5.69. The molecule has 0 unspecified atom stereocenters. The van der Waals surface area contributed by atoms with E-state index in [0.717, 1.165) is 19.4 Å². The predicted octanol–water partition coefficient (Wildman–Crippen LogP) is 8.37. The Labute approximate surface area is 207 Å². The van der Waals surface area contributed by atoms with Crippen LogP contribution in [0.5, 0.6) is 0 Å². The molecule has 3 aromatic rings. The first-order chi connectivity index (χ1) is 16.3. The van der Waals surface area contributed by atoms with Crippen LogP contribution in [-0.2, 0) is 19.4 Å². The van der Waals surface area contributed by atoms with Gasteiger partial charge in [-0.05, 0) is 65.1 Å². The Kier molecular flexibility index (Phi) is 9.45. The third kappa shape index (κ3) is 8.13. The molecule has 0 saturated heterocycles. The molecule has 0 aliphatic heterocycles. The van der Waals surface area contributed by atoms with E-state index in [4.69, 9.17) is 0 Å². The van der Waals surface area contributed by atoms with Crippen LogP contribution < -0.4 is 4.57 Å². The predicted molar refractivity (Wildman–Crippen MR) is 149 cm³/mol. The second kappa shape index (κ2) is 12.5. The fourth-order valence-corrected chi connectivity index (χ4v) is 4.28. The van der Waals surface area contributed by atoms with E-state index in [-0.39, 0.29) is 0 Å². The van der Waals surface area contributed by atoms with E-state index in [1.54, 1.807) is 0 Å². The number of nitrogens with zero attached hydrogens (tertiary/aromatic N) is 1. The zero-order chi connectivity index (χ0) is 24.5. The molecule has 0 fully saturated rings. The van der Waals surface area contributed by atoms with Gasteiger partial charge in [-0.25, -0.2) is 0 Å². The number of benzene rings is 2. The average Bonchev–Trinajstić information content (AvgIpc) is 2.78. The summed E-state index contributed by atoms with van der Waals surface area (Å²) in [7, 11) is 0. The van der Waals surface area contributed by atoms with E-state index in [0.29, 0.717) is 17.8 Å². The Hall–Kier alpha value is -2.93. The van der Waals surface area contributed by atoms with Gasteiger partial charge in [-0.1, -0.05) is 90.1 Å². The Morgan fingerprint density at radius 2 is 0.941 bits per heavy atom. The van der Waals surface area contributed by atoms with Gasteiger partial charge in [0.25, 0.3) is 0 Å². The summed E-state index contributed by atoms with van der Waals surface area (Å²) in [5.74, 6) is 1.94. The van der Waals surface area contributed by atoms with E-state index in [2.05, 4.69) is 137 Å². The van der Waals surface area contributed by atoms with Crippen LogP contribution in [-0.4, -0.2) is 0 Å². The van der Waals surface area contributed by atoms with Crippen LogP contribution in [0.4, 0.5) is 0 Å². The van der Waals surface area contributed by atoms with Gasteiger partial charge in [0.15, 0.2) is 6.54 Å². The van der Waals surface area contributed by atoms with Gasteiger partial charge in [-0.15, -0.1) is 0 Å². The Morgan fingerprint density at radius 1 is 0.529 bits per heavy atom. The maximum atomic E-state index is 2.43. The van der Waals surface area contributed by atoms with Crippen LogP contribution in [0.3, 0.4) is 0 Å². The van der Waals surface area contributed by atoms with Crippen molar-refractivity contribution in [3.63, 3.8) is 0 Å². The second-order valence-electron chi connectivity index (χ2n) is 10.7. The van der Waals surface area contributed by atoms with E-state index >= 15 is 0 Å². The molecular formula is C33H42N+. The van der Waals surface area contributed by atoms with Crippen LogP contribution in [0, 0.1) is 17.8 Å². The summed E-state index contributed by atoms with van der Waals surface area (Å²) in [5.41, 5.74) is 7.76. The standard InChI is InChI=1S/C33H42N/c1-25(2)22-30-14-10-28(11-15-30)18-20-32-8-7-9-33(34(32)24-27(5)6)21-19-29-12-16-31(17-13-29)23-26(3)4/h7-21,25-27H,22-24H2,1-6H3/q+1/b20-18+,21-19+. The highest BCUT2D eigenvalue weighted by Gasteiger charge is 2.14. The van der Waals surface area contributed by atoms with Crippen LogP contribution in [0.25, 0.3) is 24.3 Å². The van der Waals surface area contributed by atoms with Crippen molar-refractivity contribution in [1.29, 1.82) is 0 Å². The van der Waals surface area contributed by atoms with Gasteiger partial charge in [-0.2, -0.15) is 4.57 Å². The van der Waals surface area contributed by atoms with Gasteiger partial charge in [0, 0.05) is 30.2 Å². The lowest BCUT2D eigenvalue weighted by atomic mass is 10.0. The molecule has 1 nitrogen and oxygen atoms in total. The molecule has 0 radical (unpaired) electrons. The van der Waals surface area contributed by atoms with Crippen molar-refractivity contribution in [3.05, 3.63) is 100 Å². The van der Waals surface area contributed by atoms with Gasteiger partial charge in [0.2, 0.25) is 11.4 Å². The summed E-state index contributed by atoms with van der Waals surface area (Å²) in [5, 5.41) is 0. The van der Waals surface area contributed by atoms with Crippen molar-refractivity contribution >= 4 is 24.3 Å². The van der Waals surface area contributed by atoms with Crippen molar-refractivity contribution < 1.29 is 4.57 Å². The fraction of sp³-hybridized carbons (Fsp3) is 0.364. The smallest absolute Gasteiger partial charge is 0.192 e. The minimum absolute atomic E-state index is 0.567. The zero-order valence-electron chi connectivity index (χ0n) is 22.0. The SMILES string of the molecule is CC(C)Cc1ccc(/C=C/c2cccc(/C=C/c3ccc(CC(C)C)cc3)[n+]2CC(C)C)cc1. The van der Waals surface area contributed by atoms with Crippen molar-refractivity contribution in [3.8, 4) is 0 Å². The van der Waals surface area contributed by atoms with Crippen molar-refractivity contribution in [2.75, 3.05) is 0 Å². The maximum absolute atomic E-state index is 2.43. The first-order valence-corrected chi connectivity index (χ1v) is 12.9. The van der Waals surface area contributed by atoms with E-state index in [9.17, 15) is 0 Å². The lowest BCUT2D eigenvalue weighted by Gasteiger charge is -2.08. The highest BCUT2D eigenvalue weighted by atomic mass is 15.0. The zero-order valence-corrected chi connectivity index (χ0v) is 22.0. The van der Waals surface area contributed by atoms with E-state index in [1.165, 1.54) is 33.6 Å². The Balaban J connectivity index is 1.82. The third-order valence-electron chi connectivity index (χ3n) is 5.85. The summed E-state index contributed by atoms with van der Waals surface area (Å²) < 4.78 is 2.43. The van der Waals surface area contributed by atoms with E-state index in [1.807, 2.05) is 0 Å². The third-order valence-corrected chi connectivity index (χ3v) is 5.85. The van der Waals surface area contributed by atoms with Crippen LogP contribution in [0.2, 0.25) is 0 Å². The summed E-state index contributed by atoms with van der Waals surface area (Å²) in [6.45, 7) is 14.6. The molecule has 1 aromatic heterocycles. The molecule has 1 heterocycles. The number of pyridine rings is 1. The largest absolute Gasteiger partial charge is 0.205 e. The first kappa shape index (κ1) is 25.7. The van der Waals surface area contributed by atoms with Crippen LogP contribution >= 0.6 is 0 Å². The molecule has 0 bridgehead atoms. The fourth-order valence-electron chi connectivity index (χ4n) is 4.28. The van der Waals surface area contributed by atoms with Gasteiger partial charge in [0.1, 0.15) is 0 Å². The molecule has 2 aromatic carbocycles. The lowest BCUT2D eigenvalue weighted by Crippen LogP contribution is -2.42. The Morgan fingerprint density at radius 3 is 1.29 bits per heavy atom. The Bertz CT molecular complexity index is 999. The average molecular weight is 453 g/mol. The monoisotopic (exact) mass is 452 g/mol. The van der Waals surface area contributed by atoms with Gasteiger partial charge in [-0.3, -0.25) is 0 Å². The first-order valence-electron chi connectivity index (χ1n) is 12.9. The minimum Gasteiger partial charge on any atom is -0.192 e. The maximum Gasteiger partial charge on any atom is 0.205 e. The van der Waals surface area contributed by atoms with Crippen molar-refractivity contribution in [2.45, 2.75) is 60.9 Å². The lowest BCUT2D eigenvalue weighted by molar-refractivity contribution is -0.705. The summed E-state index contributed by atoms with van der Waals surface area (Å²) in [4.78, 5) is 0. The van der Waals surface area contributed by atoms with Crippen LogP contribution in [0.1, 0.15) is 75.2 Å². The number of rotatable bonds is 10. The molecule has 0 aliphatic rings. The summed E-state index contributed by atoms with van der Waals surface area (Å²) in [6.07, 6.45) is 11.2. The van der Waals surface area contributed by atoms with Gasteiger partial charge >= 0.3 is 0 Å². The van der Waals surface area contributed by atoms with Gasteiger partial charge in [0.05, 0.1) is 0 Å². The summed E-state index contributed by atoms with van der Waals surface area (Å²) >= 11 is 0. The molecule has 3 rings (SSSR count). The van der Waals surface area contributed by atoms with Crippen molar-refractivity contribution in [2.24, 2.45) is 17.8 Å². The highest BCUT2D eigenvalue weighted by Crippen LogP contribution is 2.14. The second-order valence-corrected chi connectivity index (χ2v) is 10.7.